The van der Waals surface area contributed by atoms with Crippen molar-refractivity contribution in [3.63, 3.8) is 0 Å². The van der Waals surface area contributed by atoms with Crippen molar-refractivity contribution < 1.29 is 19.4 Å². The van der Waals surface area contributed by atoms with Gasteiger partial charge in [-0.05, 0) is 26.0 Å². The number of carbonyl (C=O) groups excluding carboxylic acids is 1. The second-order valence-corrected chi connectivity index (χ2v) is 5.33. The molecule has 2 N–H and O–H groups in total. The van der Waals surface area contributed by atoms with E-state index in [1.54, 1.807) is 6.07 Å². The van der Waals surface area contributed by atoms with Gasteiger partial charge in [-0.25, -0.2) is 0 Å². The van der Waals surface area contributed by atoms with Gasteiger partial charge in [0.25, 0.3) is 5.91 Å². The second-order valence-electron chi connectivity index (χ2n) is 5.33. The molecule has 0 unspecified atom stereocenters. The van der Waals surface area contributed by atoms with Crippen molar-refractivity contribution in [2.45, 2.75) is 38.2 Å². The highest BCUT2D eigenvalue weighted by Gasteiger charge is 2.47. The average Bonchev–Trinajstić information content (AvgIpc) is 2.94. The van der Waals surface area contributed by atoms with Crippen LogP contribution in [0, 0.1) is 13.8 Å². The summed E-state index contributed by atoms with van der Waals surface area (Å²) in [5.41, 5.74) is 2.13. The molecule has 3 rings (SSSR count). The molecular weight excluding hydrogens is 260 g/mol. The van der Waals surface area contributed by atoms with Gasteiger partial charge in [0.2, 0.25) is 0 Å². The highest BCUT2D eigenvalue weighted by molar-refractivity contribution is 5.95. The van der Waals surface area contributed by atoms with Gasteiger partial charge < -0.3 is 19.9 Å². The lowest BCUT2D eigenvalue weighted by molar-refractivity contribution is 0.0178. The lowest BCUT2D eigenvalue weighted by Gasteiger charge is -2.18. The number of aliphatic hydroxyl groups is 1. The Morgan fingerprint density at radius 1 is 1.30 bits per heavy atom. The summed E-state index contributed by atoms with van der Waals surface area (Å²) in [4.78, 5) is 16.6. The number of pyridine rings is 1. The Kier molecular flexibility index (Phi) is 3.45. The summed E-state index contributed by atoms with van der Waals surface area (Å²) in [5, 5.41) is 12.6. The number of ether oxygens (including phenoxy) is 2. The third-order valence-electron chi connectivity index (χ3n) is 3.81. The number of nitrogens with one attached hydrogen (secondary N) is 1. The van der Waals surface area contributed by atoms with Crippen LogP contribution in [-0.2, 0) is 9.47 Å². The van der Waals surface area contributed by atoms with Crippen molar-refractivity contribution in [3.8, 4) is 0 Å². The van der Waals surface area contributed by atoms with Gasteiger partial charge in [-0.2, -0.15) is 0 Å². The van der Waals surface area contributed by atoms with E-state index in [9.17, 15) is 9.90 Å². The van der Waals surface area contributed by atoms with Crippen LogP contribution in [0.5, 0.6) is 0 Å². The molecule has 2 saturated heterocycles. The number of nitrogens with zero attached hydrogens (tertiary/aromatic N) is 1. The second kappa shape index (κ2) is 5.12. The molecule has 108 valence electrons. The van der Waals surface area contributed by atoms with Crippen LogP contribution in [-0.4, -0.2) is 53.6 Å². The fraction of sp³-hybridized carbons (Fsp3) is 0.571. The third-order valence-corrected chi connectivity index (χ3v) is 3.81. The van der Waals surface area contributed by atoms with Crippen LogP contribution in [0.1, 0.15) is 21.7 Å². The quantitative estimate of drug-likeness (QED) is 0.793. The zero-order valence-electron chi connectivity index (χ0n) is 11.5. The van der Waals surface area contributed by atoms with Crippen molar-refractivity contribution in [1.29, 1.82) is 0 Å². The summed E-state index contributed by atoms with van der Waals surface area (Å²) in [6.07, 6.45) is -1.21. The van der Waals surface area contributed by atoms with E-state index in [1.807, 2.05) is 19.9 Å². The summed E-state index contributed by atoms with van der Waals surface area (Å²) in [5.74, 6) is -0.186. The maximum atomic E-state index is 12.3. The predicted molar refractivity (Wildman–Crippen MR) is 70.5 cm³/mol. The maximum Gasteiger partial charge on any atom is 0.253 e. The molecule has 0 aromatic carbocycles. The molecule has 0 bridgehead atoms. The number of aliphatic hydroxyl groups excluding tert-OH is 1. The molecule has 0 aliphatic carbocycles. The van der Waals surface area contributed by atoms with Crippen LogP contribution < -0.4 is 5.32 Å². The minimum atomic E-state index is -0.607. The van der Waals surface area contributed by atoms with Crippen molar-refractivity contribution >= 4 is 5.91 Å². The van der Waals surface area contributed by atoms with E-state index in [0.717, 1.165) is 5.69 Å². The van der Waals surface area contributed by atoms with Crippen LogP contribution in [0.15, 0.2) is 12.1 Å². The molecule has 2 aliphatic rings. The normalized spacial score (nSPS) is 32.1. The molecule has 0 spiro atoms. The molecule has 0 saturated carbocycles. The van der Waals surface area contributed by atoms with Crippen molar-refractivity contribution in [2.75, 3.05) is 13.2 Å². The fourth-order valence-electron chi connectivity index (χ4n) is 2.78. The fourth-order valence-corrected chi connectivity index (χ4v) is 2.78. The number of aryl methyl sites for hydroxylation is 2. The third kappa shape index (κ3) is 2.30. The Hall–Kier alpha value is -1.50. The Balaban J connectivity index is 1.70. The van der Waals surface area contributed by atoms with E-state index < -0.39 is 6.10 Å². The molecule has 2 fully saturated rings. The Bertz CT molecular complexity index is 534. The summed E-state index contributed by atoms with van der Waals surface area (Å²) >= 11 is 0. The van der Waals surface area contributed by atoms with E-state index in [4.69, 9.17) is 9.47 Å². The number of hydrogen-bond donors (Lipinski definition) is 2. The molecule has 1 amide bonds. The van der Waals surface area contributed by atoms with Gasteiger partial charge in [-0.3, -0.25) is 9.78 Å². The Morgan fingerprint density at radius 2 is 2.05 bits per heavy atom. The first-order valence-corrected chi connectivity index (χ1v) is 6.72. The lowest BCUT2D eigenvalue weighted by Crippen LogP contribution is -2.44. The van der Waals surface area contributed by atoms with E-state index in [2.05, 4.69) is 10.3 Å². The molecular formula is C14H18N2O4. The van der Waals surface area contributed by atoms with Gasteiger partial charge in [-0.15, -0.1) is 0 Å². The molecule has 3 heterocycles. The number of aromatic nitrogens is 1. The molecule has 2 aliphatic heterocycles. The molecule has 6 heteroatoms. The first-order valence-electron chi connectivity index (χ1n) is 6.72. The molecule has 20 heavy (non-hydrogen) atoms. The number of carbonyl (C=O) groups is 1. The van der Waals surface area contributed by atoms with Gasteiger partial charge in [0.1, 0.15) is 18.3 Å². The number of amides is 1. The zero-order chi connectivity index (χ0) is 14.3. The van der Waals surface area contributed by atoms with Gasteiger partial charge in [0, 0.05) is 5.69 Å². The number of fused-ring (bicyclic) bond motifs is 1. The van der Waals surface area contributed by atoms with Gasteiger partial charge in [-0.1, -0.05) is 0 Å². The zero-order valence-corrected chi connectivity index (χ0v) is 11.5. The molecule has 0 radical (unpaired) electrons. The van der Waals surface area contributed by atoms with E-state index >= 15 is 0 Å². The van der Waals surface area contributed by atoms with Crippen molar-refractivity contribution in [2.24, 2.45) is 0 Å². The van der Waals surface area contributed by atoms with E-state index in [-0.39, 0.29) is 30.8 Å². The minimum absolute atomic E-state index is 0.186. The van der Waals surface area contributed by atoms with Crippen LogP contribution in [0.2, 0.25) is 0 Å². The Labute approximate surface area is 117 Å². The summed E-state index contributed by atoms with van der Waals surface area (Å²) < 4.78 is 11.0. The van der Waals surface area contributed by atoms with Crippen LogP contribution in [0.3, 0.4) is 0 Å². The van der Waals surface area contributed by atoms with Gasteiger partial charge in [0.15, 0.2) is 0 Å². The van der Waals surface area contributed by atoms with E-state index in [0.29, 0.717) is 17.9 Å². The van der Waals surface area contributed by atoms with Crippen LogP contribution in [0.25, 0.3) is 0 Å². The minimum Gasteiger partial charge on any atom is -0.388 e. The average molecular weight is 278 g/mol. The topological polar surface area (TPSA) is 80.7 Å². The van der Waals surface area contributed by atoms with E-state index in [1.165, 1.54) is 0 Å². The summed E-state index contributed by atoms with van der Waals surface area (Å²) in [7, 11) is 0. The monoisotopic (exact) mass is 278 g/mol. The molecule has 1 aromatic rings. The van der Waals surface area contributed by atoms with Crippen molar-refractivity contribution in [1.82, 2.24) is 10.3 Å². The molecule has 6 nitrogen and oxygen atoms in total. The highest BCUT2D eigenvalue weighted by Crippen LogP contribution is 2.27. The molecule has 1 aromatic heterocycles. The summed E-state index contributed by atoms with van der Waals surface area (Å²) in [6.45, 7) is 4.31. The smallest absolute Gasteiger partial charge is 0.253 e. The maximum absolute atomic E-state index is 12.3. The number of rotatable bonds is 2. The summed E-state index contributed by atoms with van der Waals surface area (Å²) in [6, 6.07) is 3.35. The standard InChI is InChI=1S/C14H18N2O4/c1-7-3-4-9(8(2)15-7)14(18)16-10-5-19-13-11(17)6-20-12(10)13/h3-4,10-13,17H,5-6H2,1-2H3,(H,16,18)/t10-,11+,12+,13+/m0/s1. The van der Waals surface area contributed by atoms with Crippen LogP contribution in [0.4, 0.5) is 0 Å². The van der Waals surface area contributed by atoms with Gasteiger partial charge in [0.05, 0.1) is 30.5 Å². The van der Waals surface area contributed by atoms with Gasteiger partial charge >= 0.3 is 0 Å². The first kappa shape index (κ1) is 13.5. The first-order chi connectivity index (χ1) is 9.56. The Morgan fingerprint density at radius 3 is 2.80 bits per heavy atom. The largest absolute Gasteiger partial charge is 0.388 e. The number of hydrogen-bond acceptors (Lipinski definition) is 5. The highest BCUT2D eigenvalue weighted by atomic mass is 16.6. The van der Waals surface area contributed by atoms with Crippen LogP contribution >= 0.6 is 0 Å². The molecule has 4 atom stereocenters. The lowest BCUT2D eigenvalue weighted by atomic mass is 10.1. The predicted octanol–water partition coefficient (Wildman–Crippen LogP) is -0.0447. The SMILES string of the molecule is Cc1ccc(C(=O)N[C@H]2CO[C@H]3[C@@H]2OC[C@H]3O)c(C)n1. The van der Waals surface area contributed by atoms with Crippen molar-refractivity contribution in [3.05, 3.63) is 29.1 Å².